The molecule has 13 heavy (non-hydrogen) atoms. The molecule has 4 heteroatoms. The first kappa shape index (κ1) is 8.31. The molecule has 0 saturated carbocycles. The highest BCUT2D eigenvalue weighted by Gasteiger charge is 2.04. The Bertz CT molecular complexity index is 408. The zero-order valence-electron chi connectivity index (χ0n) is 7.06. The lowest BCUT2D eigenvalue weighted by Gasteiger charge is -1.93. The van der Waals surface area contributed by atoms with E-state index in [0.717, 1.165) is 10.5 Å². The van der Waals surface area contributed by atoms with Crippen molar-refractivity contribution in [3.63, 3.8) is 0 Å². The van der Waals surface area contributed by atoms with Gasteiger partial charge in [-0.15, -0.1) is 12.6 Å². The number of thiol groups is 1. The Balaban J connectivity index is 2.41. The largest absolute Gasteiger partial charge is 0.334 e. The quantitative estimate of drug-likeness (QED) is 0.705. The van der Waals surface area contributed by atoms with Crippen molar-refractivity contribution >= 4 is 12.6 Å². The van der Waals surface area contributed by atoms with Gasteiger partial charge >= 0.3 is 0 Å². The number of aromatic nitrogens is 2. The number of benzene rings is 1. The average molecular weight is 192 g/mol. The Kier molecular flexibility index (Phi) is 2.06. The second kappa shape index (κ2) is 3.22. The Morgan fingerprint density at radius 3 is 2.46 bits per heavy atom. The molecule has 0 aliphatic heterocycles. The summed E-state index contributed by atoms with van der Waals surface area (Å²) in [7, 11) is 0. The normalized spacial score (nSPS) is 10.3. The first-order valence-electron chi connectivity index (χ1n) is 3.85. The van der Waals surface area contributed by atoms with Crippen LogP contribution in [-0.4, -0.2) is 10.1 Å². The Labute approximate surface area is 81.2 Å². The lowest BCUT2D eigenvalue weighted by molar-refractivity contribution is 0.425. The maximum atomic E-state index is 5.00. The van der Waals surface area contributed by atoms with Crippen LogP contribution in [0.4, 0.5) is 0 Å². The number of nitrogens with zero attached hydrogens (tertiary/aromatic N) is 2. The maximum Gasteiger partial charge on any atom is 0.257 e. The van der Waals surface area contributed by atoms with Crippen LogP contribution in [0, 0.1) is 6.92 Å². The van der Waals surface area contributed by atoms with Crippen LogP contribution in [0.15, 0.2) is 33.7 Å². The number of rotatable bonds is 1. The highest BCUT2D eigenvalue weighted by atomic mass is 32.1. The minimum atomic E-state index is 0.547. The second-order valence-corrected chi connectivity index (χ2v) is 3.21. The van der Waals surface area contributed by atoms with Crippen LogP contribution in [0.5, 0.6) is 0 Å². The highest BCUT2D eigenvalue weighted by molar-refractivity contribution is 7.80. The van der Waals surface area contributed by atoms with Crippen molar-refractivity contribution in [1.82, 2.24) is 10.1 Å². The molecule has 0 fully saturated rings. The first-order chi connectivity index (χ1) is 6.25. The molecule has 1 aromatic carbocycles. The third kappa shape index (κ3) is 1.72. The Morgan fingerprint density at radius 2 is 1.92 bits per heavy atom. The Hall–Kier alpha value is -1.29. The average Bonchev–Trinajstić information content (AvgIpc) is 2.53. The van der Waals surface area contributed by atoms with E-state index in [1.807, 2.05) is 24.3 Å². The topological polar surface area (TPSA) is 38.9 Å². The van der Waals surface area contributed by atoms with E-state index in [-0.39, 0.29) is 0 Å². The van der Waals surface area contributed by atoms with Gasteiger partial charge in [-0.3, -0.25) is 0 Å². The standard InChI is InChI=1S/C9H8N2OS/c1-6-10-9(12-11-6)7-2-4-8(13)5-3-7/h2-5,13H,1H3. The summed E-state index contributed by atoms with van der Waals surface area (Å²) in [5, 5.41) is 3.71. The summed E-state index contributed by atoms with van der Waals surface area (Å²) < 4.78 is 5.00. The van der Waals surface area contributed by atoms with Crippen LogP contribution in [0.2, 0.25) is 0 Å². The van der Waals surface area contributed by atoms with Gasteiger partial charge in [-0.25, -0.2) is 0 Å². The third-order valence-corrected chi connectivity index (χ3v) is 1.94. The number of hydrogen-bond donors (Lipinski definition) is 1. The van der Waals surface area contributed by atoms with Crippen molar-refractivity contribution in [3.05, 3.63) is 30.1 Å². The lowest BCUT2D eigenvalue weighted by atomic mass is 10.2. The molecule has 0 radical (unpaired) electrons. The molecule has 0 unspecified atom stereocenters. The van der Waals surface area contributed by atoms with Crippen LogP contribution in [0.25, 0.3) is 11.5 Å². The van der Waals surface area contributed by atoms with Gasteiger partial charge in [0.2, 0.25) is 0 Å². The SMILES string of the molecule is Cc1noc(-c2ccc(S)cc2)n1. The van der Waals surface area contributed by atoms with Crippen LogP contribution in [-0.2, 0) is 0 Å². The minimum absolute atomic E-state index is 0.547. The van der Waals surface area contributed by atoms with E-state index in [1.165, 1.54) is 0 Å². The predicted molar refractivity (Wildman–Crippen MR) is 51.7 cm³/mol. The Morgan fingerprint density at radius 1 is 1.23 bits per heavy atom. The molecule has 0 spiro atoms. The molecule has 3 nitrogen and oxygen atoms in total. The smallest absolute Gasteiger partial charge is 0.257 e. The second-order valence-electron chi connectivity index (χ2n) is 2.69. The molecule has 1 aromatic heterocycles. The fourth-order valence-corrected chi connectivity index (χ4v) is 1.17. The lowest BCUT2D eigenvalue weighted by Crippen LogP contribution is -1.77. The van der Waals surface area contributed by atoms with Crippen LogP contribution in [0.3, 0.4) is 0 Å². The molecule has 0 aliphatic rings. The predicted octanol–water partition coefficient (Wildman–Crippen LogP) is 2.33. The molecular weight excluding hydrogens is 184 g/mol. The van der Waals surface area contributed by atoms with E-state index < -0.39 is 0 Å². The van der Waals surface area contributed by atoms with E-state index in [0.29, 0.717) is 11.7 Å². The van der Waals surface area contributed by atoms with Gasteiger partial charge in [-0.05, 0) is 31.2 Å². The van der Waals surface area contributed by atoms with Gasteiger partial charge in [0.05, 0.1) is 0 Å². The van der Waals surface area contributed by atoms with Crippen molar-refractivity contribution in [2.24, 2.45) is 0 Å². The number of aryl methyl sites for hydroxylation is 1. The van der Waals surface area contributed by atoms with Crippen LogP contribution in [0.1, 0.15) is 5.82 Å². The fraction of sp³-hybridized carbons (Fsp3) is 0.111. The van der Waals surface area contributed by atoms with Gasteiger partial charge in [-0.1, -0.05) is 5.16 Å². The van der Waals surface area contributed by atoms with Crippen LogP contribution >= 0.6 is 12.6 Å². The van der Waals surface area contributed by atoms with E-state index in [9.17, 15) is 0 Å². The number of hydrogen-bond acceptors (Lipinski definition) is 4. The molecular formula is C9H8N2OS. The van der Waals surface area contributed by atoms with E-state index in [4.69, 9.17) is 4.52 Å². The van der Waals surface area contributed by atoms with Gasteiger partial charge in [0.15, 0.2) is 5.82 Å². The first-order valence-corrected chi connectivity index (χ1v) is 4.30. The van der Waals surface area contributed by atoms with Gasteiger partial charge in [-0.2, -0.15) is 4.98 Å². The molecule has 0 aliphatic carbocycles. The molecule has 1 heterocycles. The molecule has 2 rings (SSSR count). The maximum absolute atomic E-state index is 5.00. The van der Waals surface area contributed by atoms with E-state index >= 15 is 0 Å². The van der Waals surface area contributed by atoms with Crippen molar-refractivity contribution in [2.75, 3.05) is 0 Å². The van der Waals surface area contributed by atoms with E-state index in [2.05, 4.69) is 22.8 Å². The van der Waals surface area contributed by atoms with Crippen molar-refractivity contribution < 1.29 is 4.52 Å². The highest BCUT2D eigenvalue weighted by Crippen LogP contribution is 2.18. The van der Waals surface area contributed by atoms with Gasteiger partial charge in [0.1, 0.15) is 0 Å². The molecule has 0 atom stereocenters. The fourth-order valence-electron chi connectivity index (χ4n) is 1.02. The van der Waals surface area contributed by atoms with Gasteiger partial charge < -0.3 is 4.52 Å². The van der Waals surface area contributed by atoms with Gasteiger partial charge in [0, 0.05) is 10.5 Å². The van der Waals surface area contributed by atoms with Crippen molar-refractivity contribution in [2.45, 2.75) is 11.8 Å². The molecule has 0 amide bonds. The molecule has 66 valence electrons. The molecule has 2 aromatic rings. The van der Waals surface area contributed by atoms with Gasteiger partial charge in [0.25, 0.3) is 5.89 Å². The summed E-state index contributed by atoms with van der Waals surface area (Å²) in [5.41, 5.74) is 0.915. The summed E-state index contributed by atoms with van der Waals surface area (Å²) in [4.78, 5) is 5.02. The van der Waals surface area contributed by atoms with Crippen LogP contribution < -0.4 is 0 Å². The minimum Gasteiger partial charge on any atom is -0.334 e. The zero-order valence-corrected chi connectivity index (χ0v) is 7.95. The molecule has 0 N–H and O–H groups in total. The van der Waals surface area contributed by atoms with Crippen molar-refractivity contribution in [3.8, 4) is 11.5 Å². The van der Waals surface area contributed by atoms with E-state index in [1.54, 1.807) is 6.92 Å². The third-order valence-electron chi connectivity index (χ3n) is 1.64. The zero-order chi connectivity index (χ0) is 9.26. The summed E-state index contributed by atoms with van der Waals surface area (Å²) >= 11 is 4.18. The summed E-state index contributed by atoms with van der Waals surface area (Å²) in [5.74, 6) is 1.19. The van der Waals surface area contributed by atoms with Crippen molar-refractivity contribution in [1.29, 1.82) is 0 Å². The summed E-state index contributed by atoms with van der Waals surface area (Å²) in [6.07, 6.45) is 0. The summed E-state index contributed by atoms with van der Waals surface area (Å²) in [6.45, 7) is 1.79. The summed E-state index contributed by atoms with van der Waals surface area (Å²) in [6, 6.07) is 7.57. The monoisotopic (exact) mass is 192 g/mol. The molecule has 0 saturated heterocycles. The molecule has 0 bridgehead atoms.